The second kappa shape index (κ2) is 20.6. The Labute approximate surface area is 201 Å². The van der Waals surface area contributed by atoms with Crippen LogP contribution in [0.2, 0.25) is 0 Å². The zero-order valence-electron chi connectivity index (χ0n) is 22.2. The van der Waals surface area contributed by atoms with E-state index in [0.29, 0.717) is 5.75 Å². The first-order valence-corrected chi connectivity index (χ1v) is 14.6. The molecule has 0 heterocycles. The number of aryl methyl sites for hydroxylation is 1. The Kier molecular flexibility index (Phi) is 18.7. The molecule has 0 bridgehead atoms. The van der Waals surface area contributed by atoms with Crippen molar-refractivity contribution in [3.8, 4) is 5.75 Å². The molecule has 0 amide bonds. The van der Waals surface area contributed by atoms with Gasteiger partial charge in [0.2, 0.25) is 0 Å². The molecule has 0 aliphatic carbocycles. The SMILES string of the molecule is CCCCCCCCCCc1ccc(O)c(CCCCC)c1CCCCCCCCCC. The summed E-state index contributed by atoms with van der Waals surface area (Å²) < 4.78 is 0. The quantitative estimate of drug-likeness (QED) is 0.176. The van der Waals surface area contributed by atoms with Crippen molar-refractivity contribution in [2.24, 2.45) is 0 Å². The second-order valence-corrected chi connectivity index (χ2v) is 10.1. The predicted molar refractivity (Wildman–Crippen MR) is 144 cm³/mol. The summed E-state index contributed by atoms with van der Waals surface area (Å²) in [5.41, 5.74) is 4.32. The molecule has 186 valence electrons. The first kappa shape index (κ1) is 29.1. The number of unbranched alkanes of at least 4 members (excludes halogenated alkanes) is 16. The molecule has 1 N–H and O–H groups in total. The normalized spacial score (nSPS) is 11.3. The lowest BCUT2D eigenvalue weighted by Crippen LogP contribution is -2.03. The number of aromatic hydroxyl groups is 1. The molecule has 0 atom stereocenters. The fraction of sp³-hybridized carbons (Fsp3) is 0.806. The van der Waals surface area contributed by atoms with E-state index in [1.807, 2.05) is 6.07 Å². The van der Waals surface area contributed by atoms with Gasteiger partial charge in [-0.1, -0.05) is 130 Å². The minimum Gasteiger partial charge on any atom is -0.508 e. The van der Waals surface area contributed by atoms with Gasteiger partial charge in [-0.15, -0.1) is 0 Å². The van der Waals surface area contributed by atoms with Crippen molar-refractivity contribution in [1.29, 1.82) is 0 Å². The van der Waals surface area contributed by atoms with Gasteiger partial charge in [-0.2, -0.15) is 0 Å². The molecular formula is C31H56O. The molecule has 0 aliphatic rings. The summed E-state index contributed by atoms with van der Waals surface area (Å²) in [6, 6.07) is 4.22. The maximum absolute atomic E-state index is 10.7. The van der Waals surface area contributed by atoms with E-state index in [0.717, 1.165) is 12.8 Å². The van der Waals surface area contributed by atoms with Crippen molar-refractivity contribution < 1.29 is 5.11 Å². The van der Waals surface area contributed by atoms with Crippen LogP contribution >= 0.6 is 0 Å². The summed E-state index contributed by atoms with van der Waals surface area (Å²) in [6.45, 7) is 6.85. The number of benzene rings is 1. The molecule has 0 fully saturated rings. The van der Waals surface area contributed by atoms with Crippen LogP contribution in [0.5, 0.6) is 5.75 Å². The molecule has 0 unspecified atom stereocenters. The van der Waals surface area contributed by atoms with E-state index in [9.17, 15) is 5.11 Å². The summed E-state index contributed by atoms with van der Waals surface area (Å²) in [4.78, 5) is 0. The Balaban J connectivity index is 2.55. The Hall–Kier alpha value is -0.980. The van der Waals surface area contributed by atoms with E-state index in [4.69, 9.17) is 0 Å². The zero-order valence-corrected chi connectivity index (χ0v) is 22.2. The lowest BCUT2D eigenvalue weighted by molar-refractivity contribution is 0.464. The molecule has 1 nitrogen and oxygen atoms in total. The number of phenols is 1. The highest BCUT2D eigenvalue weighted by Gasteiger charge is 2.13. The molecule has 0 saturated carbocycles. The number of phenolic OH excluding ortho intramolecular Hbond substituents is 1. The first-order chi connectivity index (χ1) is 15.7. The third-order valence-corrected chi connectivity index (χ3v) is 7.11. The van der Waals surface area contributed by atoms with E-state index < -0.39 is 0 Å². The topological polar surface area (TPSA) is 20.2 Å². The van der Waals surface area contributed by atoms with Crippen LogP contribution in [0.1, 0.15) is 159 Å². The van der Waals surface area contributed by atoms with Gasteiger partial charge < -0.3 is 5.11 Å². The van der Waals surface area contributed by atoms with Gasteiger partial charge in [0.1, 0.15) is 5.75 Å². The summed E-state index contributed by atoms with van der Waals surface area (Å²) >= 11 is 0. The summed E-state index contributed by atoms with van der Waals surface area (Å²) in [7, 11) is 0. The van der Waals surface area contributed by atoms with Gasteiger partial charge in [-0.05, 0) is 61.3 Å². The third kappa shape index (κ3) is 13.5. The van der Waals surface area contributed by atoms with Gasteiger partial charge in [0.25, 0.3) is 0 Å². The van der Waals surface area contributed by atoms with Gasteiger partial charge in [0, 0.05) is 0 Å². The minimum absolute atomic E-state index is 0.551. The highest BCUT2D eigenvalue weighted by molar-refractivity contribution is 5.45. The molecule has 1 heteroatoms. The van der Waals surface area contributed by atoms with E-state index >= 15 is 0 Å². The molecule has 0 radical (unpaired) electrons. The molecule has 0 spiro atoms. The molecule has 1 rings (SSSR count). The molecular weight excluding hydrogens is 388 g/mol. The lowest BCUT2D eigenvalue weighted by Gasteiger charge is -2.17. The summed E-state index contributed by atoms with van der Waals surface area (Å²) in [6.07, 6.45) is 29.1. The van der Waals surface area contributed by atoms with Crippen LogP contribution in [0.3, 0.4) is 0 Å². The Morgan fingerprint density at radius 3 is 1.34 bits per heavy atom. The van der Waals surface area contributed by atoms with E-state index in [2.05, 4.69) is 26.8 Å². The van der Waals surface area contributed by atoms with E-state index in [1.165, 1.54) is 145 Å². The second-order valence-electron chi connectivity index (χ2n) is 10.1. The van der Waals surface area contributed by atoms with Crippen molar-refractivity contribution in [2.75, 3.05) is 0 Å². The van der Waals surface area contributed by atoms with Crippen molar-refractivity contribution in [3.63, 3.8) is 0 Å². The average Bonchev–Trinajstić information content (AvgIpc) is 2.80. The molecule has 1 aromatic carbocycles. The van der Waals surface area contributed by atoms with Crippen molar-refractivity contribution in [3.05, 3.63) is 28.8 Å². The molecule has 0 aromatic heterocycles. The van der Waals surface area contributed by atoms with Crippen LogP contribution in [0.15, 0.2) is 12.1 Å². The van der Waals surface area contributed by atoms with Gasteiger partial charge in [-0.3, -0.25) is 0 Å². The smallest absolute Gasteiger partial charge is 0.119 e. The molecule has 0 aliphatic heterocycles. The zero-order chi connectivity index (χ0) is 23.3. The Bertz CT molecular complexity index is 548. The maximum atomic E-state index is 10.7. The van der Waals surface area contributed by atoms with Gasteiger partial charge >= 0.3 is 0 Å². The van der Waals surface area contributed by atoms with Crippen molar-refractivity contribution in [1.82, 2.24) is 0 Å². The maximum Gasteiger partial charge on any atom is 0.119 e. The van der Waals surface area contributed by atoms with Crippen LogP contribution in [-0.4, -0.2) is 5.11 Å². The highest BCUT2D eigenvalue weighted by Crippen LogP contribution is 2.30. The Morgan fingerprint density at radius 2 is 0.812 bits per heavy atom. The van der Waals surface area contributed by atoms with Crippen LogP contribution < -0.4 is 0 Å². The third-order valence-electron chi connectivity index (χ3n) is 7.11. The molecule has 32 heavy (non-hydrogen) atoms. The van der Waals surface area contributed by atoms with Gasteiger partial charge in [0.05, 0.1) is 0 Å². The van der Waals surface area contributed by atoms with Crippen LogP contribution in [0.25, 0.3) is 0 Å². The van der Waals surface area contributed by atoms with Gasteiger partial charge in [-0.25, -0.2) is 0 Å². The summed E-state index contributed by atoms with van der Waals surface area (Å²) in [5, 5.41) is 10.7. The van der Waals surface area contributed by atoms with Crippen molar-refractivity contribution >= 4 is 0 Å². The monoisotopic (exact) mass is 444 g/mol. The summed E-state index contributed by atoms with van der Waals surface area (Å²) in [5.74, 6) is 0.551. The predicted octanol–water partition coefficient (Wildman–Crippen LogP) is 10.5. The Morgan fingerprint density at radius 1 is 0.438 bits per heavy atom. The molecule has 1 aromatic rings. The largest absolute Gasteiger partial charge is 0.508 e. The minimum atomic E-state index is 0.551. The van der Waals surface area contributed by atoms with Crippen LogP contribution in [-0.2, 0) is 19.3 Å². The molecule has 0 saturated heterocycles. The standard InChI is InChI=1S/C31H56O/c1-4-7-10-12-14-16-18-21-23-28-26-27-31(32)30(25-20-9-6-3)29(28)24-22-19-17-15-13-11-8-5-2/h26-27,32H,4-25H2,1-3H3. The van der Waals surface area contributed by atoms with Crippen LogP contribution in [0, 0.1) is 0 Å². The van der Waals surface area contributed by atoms with Crippen molar-refractivity contribution in [2.45, 2.75) is 162 Å². The number of hydrogen-bond donors (Lipinski definition) is 1. The van der Waals surface area contributed by atoms with Crippen LogP contribution in [0.4, 0.5) is 0 Å². The lowest BCUT2D eigenvalue weighted by atomic mass is 9.89. The fourth-order valence-electron chi connectivity index (χ4n) is 4.99. The fourth-order valence-corrected chi connectivity index (χ4v) is 4.99. The van der Waals surface area contributed by atoms with Gasteiger partial charge in [0.15, 0.2) is 0 Å². The number of hydrogen-bond acceptors (Lipinski definition) is 1. The number of rotatable bonds is 22. The van der Waals surface area contributed by atoms with E-state index in [1.54, 1.807) is 0 Å². The van der Waals surface area contributed by atoms with E-state index in [-0.39, 0.29) is 0 Å². The first-order valence-electron chi connectivity index (χ1n) is 14.6. The highest BCUT2D eigenvalue weighted by atomic mass is 16.3. The average molecular weight is 445 g/mol.